The zero-order chi connectivity index (χ0) is 19.5. The van der Waals surface area contributed by atoms with Gasteiger partial charge in [-0.1, -0.05) is 30.4 Å². The molecule has 0 radical (unpaired) electrons. The minimum absolute atomic E-state index is 0.0548. The van der Waals surface area contributed by atoms with Gasteiger partial charge < -0.3 is 9.84 Å². The summed E-state index contributed by atoms with van der Waals surface area (Å²) in [6.45, 7) is 0. The van der Waals surface area contributed by atoms with Crippen molar-refractivity contribution in [1.29, 1.82) is 0 Å². The number of methoxy groups -OCH3 is 1. The first-order chi connectivity index (χ1) is 13.5. The van der Waals surface area contributed by atoms with Crippen molar-refractivity contribution in [3.05, 3.63) is 53.6 Å². The number of benzene rings is 1. The molecule has 0 heterocycles. The first kappa shape index (κ1) is 18.5. The molecule has 2 unspecified atom stereocenters. The number of rotatable bonds is 4. The van der Waals surface area contributed by atoms with Gasteiger partial charge >= 0.3 is 0 Å². The fraction of sp³-hybridized carbons (Fsp3) is 0.542. The third kappa shape index (κ3) is 2.64. The van der Waals surface area contributed by atoms with Crippen LogP contribution in [-0.4, -0.2) is 17.3 Å². The van der Waals surface area contributed by atoms with Crippen molar-refractivity contribution in [2.45, 2.75) is 44.1 Å². The van der Waals surface area contributed by atoms with Gasteiger partial charge in [-0.2, -0.15) is 0 Å². The van der Waals surface area contributed by atoms with E-state index in [1.807, 2.05) is 30.4 Å². The number of phenolic OH excluding ortho intramolecular Hbond substituents is 1. The van der Waals surface area contributed by atoms with Crippen molar-refractivity contribution in [2.24, 2.45) is 29.1 Å². The van der Waals surface area contributed by atoms with E-state index < -0.39 is 5.60 Å². The summed E-state index contributed by atoms with van der Waals surface area (Å²) in [6, 6.07) is 7.44. The Morgan fingerprint density at radius 1 is 1.11 bits per heavy atom. The van der Waals surface area contributed by atoms with Crippen LogP contribution in [0.15, 0.2) is 48.1 Å². The Bertz CT molecular complexity index is 835. The number of hydrogen-bond acceptors (Lipinski definition) is 3. The molecule has 5 aliphatic carbocycles. The van der Waals surface area contributed by atoms with Gasteiger partial charge in [-0.15, -0.1) is 12.6 Å². The first-order valence-electron chi connectivity index (χ1n) is 10.4. The predicted octanol–water partition coefficient (Wildman–Crippen LogP) is 5.02. The lowest BCUT2D eigenvalue weighted by molar-refractivity contribution is -0.112. The number of thiol groups is 1. The van der Waals surface area contributed by atoms with Gasteiger partial charge in [-0.25, -0.2) is 0 Å². The molecule has 4 saturated carbocycles. The second-order valence-electron chi connectivity index (χ2n) is 9.46. The van der Waals surface area contributed by atoms with Crippen molar-refractivity contribution in [2.75, 3.05) is 7.11 Å². The molecule has 0 saturated heterocycles. The van der Waals surface area contributed by atoms with E-state index in [2.05, 4.69) is 18.7 Å². The Kier molecular flexibility index (Phi) is 4.29. The van der Waals surface area contributed by atoms with Crippen LogP contribution in [0.5, 0.6) is 5.75 Å². The highest BCUT2D eigenvalue weighted by Crippen LogP contribution is 2.66. The zero-order valence-electron chi connectivity index (χ0n) is 16.3. The highest BCUT2D eigenvalue weighted by molar-refractivity contribution is 7.96. The van der Waals surface area contributed by atoms with Crippen LogP contribution in [0, 0.1) is 29.1 Å². The van der Waals surface area contributed by atoms with Crippen LogP contribution < -0.4 is 0 Å². The van der Waals surface area contributed by atoms with Gasteiger partial charge in [0.1, 0.15) is 11.4 Å². The molecule has 2 atom stereocenters. The van der Waals surface area contributed by atoms with Crippen LogP contribution >= 0.6 is 12.6 Å². The van der Waals surface area contributed by atoms with Gasteiger partial charge in [0.15, 0.2) is 5.12 Å². The average Bonchev–Trinajstić information content (AvgIpc) is 2.66. The van der Waals surface area contributed by atoms with E-state index >= 15 is 0 Å². The number of ether oxygens (including phenoxy) is 1. The van der Waals surface area contributed by atoms with E-state index in [-0.39, 0.29) is 22.2 Å². The molecule has 0 aliphatic heterocycles. The third-order valence-electron chi connectivity index (χ3n) is 7.81. The zero-order valence-corrected chi connectivity index (χ0v) is 17.2. The topological polar surface area (TPSA) is 46.5 Å². The van der Waals surface area contributed by atoms with E-state index in [1.54, 1.807) is 13.2 Å². The van der Waals surface area contributed by atoms with E-state index in [0.717, 1.165) is 23.3 Å². The Balaban J connectivity index is 1.69. The Morgan fingerprint density at radius 3 is 2.25 bits per heavy atom. The van der Waals surface area contributed by atoms with Gasteiger partial charge in [0.25, 0.3) is 0 Å². The smallest absolute Gasteiger partial charge is 0.196 e. The number of aromatic hydroxyl groups is 1. The molecular weight excluding hydrogens is 368 g/mol. The van der Waals surface area contributed by atoms with E-state index in [9.17, 15) is 9.90 Å². The van der Waals surface area contributed by atoms with Gasteiger partial charge in [0.05, 0.1) is 5.92 Å². The first-order valence-corrected chi connectivity index (χ1v) is 10.9. The lowest BCUT2D eigenvalue weighted by Crippen LogP contribution is -2.51. The average molecular weight is 397 g/mol. The van der Waals surface area contributed by atoms with E-state index in [1.165, 1.54) is 44.1 Å². The molecule has 6 rings (SSSR count). The maximum atomic E-state index is 12.2. The highest BCUT2D eigenvalue weighted by Gasteiger charge is 2.57. The molecule has 28 heavy (non-hydrogen) atoms. The lowest BCUT2D eigenvalue weighted by Gasteiger charge is -2.60. The third-order valence-corrected chi connectivity index (χ3v) is 8.10. The molecule has 0 amide bonds. The number of carbonyl (C=O) groups excluding carboxylic acids is 1. The monoisotopic (exact) mass is 396 g/mol. The fourth-order valence-electron chi connectivity index (χ4n) is 7.16. The van der Waals surface area contributed by atoms with Gasteiger partial charge in [-0.05, 0) is 79.4 Å². The lowest BCUT2D eigenvalue weighted by atomic mass is 9.45. The maximum Gasteiger partial charge on any atom is 0.196 e. The maximum absolute atomic E-state index is 12.2. The Hall–Kier alpha value is -1.52. The van der Waals surface area contributed by atoms with E-state index in [4.69, 9.17) is 4.74 Å². The van der Waals surface area contributed by atoms with Crippen molar-refractivity contribution in [3.8, 4) is 5.75 Å². The number of para-hydroxylation sites is 1. The quantitative estimate of drug-likeness (QED) is 0.555. The standard InChI is InChI=1S/C24H28O3S/c1-27-24(19-4-2-3-5-20(19)25)7-6-18(22(26)28)11-21(24)23-12-15-8-16(13-23)10-17(9-15)14-23/h2-7,11,15-18,25H,8-10,12-14H2,1H3,(H,26,28). The Labute approximate surface area is 172 Å². The summed E-state index contributed by atoms with van der Waals surface area (Å²) in [6.07, 6.45) is 13.6. The van der Waals surface area contributed by atoms with Crippen LogP contribution in [-0.2, 0) is 15.1 Å². The summed E-state index contributed by atoms with van der Waals surface area (Å²) in [7, 11) is 1.72. The summed E-state index contributed by atoms with van der Waals surface area (Å²) >= 11 is 4.13. The minimum Gasteiger partial charge on any atom is -0.508 e. The molecule has 4 heteroatoms. The second kappa shape index (κ2) is 6.50. The summed E-state index contributed by atoms with van der Waals surface area (Å²) in [4.78, 5) is 12.2. The molecule has 0 spiro atoms. The van der Waals surface area contributed by atoms with Crippen LogP contribution in [0.4, 0.5) is 0 Å². The molecule has 0 aromatic heterocycles. The molecule has 5 aliphatic rings. The number of phenols is 1. The van der Waals surface area contributed by atoms with Crippen molar-refractivity contribution in [1.82, 2.24) is 0 Å². The van der Waals surface area contributed by atoms with Gasteiger partial charge in [0.2, 0.25) is 0 Å². The minimum atomic E-state index is -0.823. The van der Waals surface area contributed by atoms with Crippen molar-refractivity contribution >= 4 is 17.7 Å². The highest BCUT2D eigenvalue weighted by atomic mass is 32.1. The summed E-state index contributed by atoms with van der Waals surface area (Å²) in [5.74, 6) is 2.24. The molecular formula is C24H28O3S. The van der Waals surface area contributed by atoms with Crippen LogP contribution in [0.2, 0.25) is 0 Å². The van der Waals surface area contributed by atoms with Gasteiger partial charge in [0, 0.05) is 12.7 Å². The fourth-order valence-corrected chi connectivity index (χ4v) is 7.32. The molecule has 1 N–H and O–H groups in total. The van der Waals surface area contributed by atoms with Crippen molar-refractivity contribution in [3.63, 3.8) is 0 Å². The van der Waals surface area contributed by atoms with Gasteiger partial charge in [-0.3, -0.25) is 4.79 Å². The molecule has 4 fully saturated rings. The van der Waals surface area contributed by atoms with Crippen LogP contribution in [0.3, 0.4) is 0 Å². The second-order valence-corrected chi connectivity index (χ2v) is 9.90. The molecule has 4 bridgehead atoms. The SMILES string of the molecule is COC1(c2ccccc2O)C=CC(C(=O)S)C=C1C12CC3CC(CC(C3)C1)C2. The summed E-state index contributed by atoms with van der Waals surface area (Å²) in [5.41, 5.74) is 1.18. The predicted molar refractivity (Wildman–Crippen MR) is 112 cm³/mol. The van der Waals surface area contributed by atoms with Crippen molar-refractivity contribution < 1.29 is 14.6 Å². The molecule has 148 valence electrons. The Morgan fingerprint density at radius 2 is 1.71 bits per heavy atom. The number of carbonyl (C=O) groups is 1. The molecule has 1 aromatic carbocycles. The van der Waals surface area contributed by atoms with E-state index in [0.29, 0.717) is 0 Å². The summed E-state index contributed by atoms with van der Waals surface area (Å²) in [5, 5.41) is 10.6. The van der Waals surface area contributed by atoms with Crippen LogP contribution in [0.25, 0.3) is 0 Å². The normalized spacial score (nSPS) is 41.1. The van der Waals surface area contributed by atoms with Crippen LogP contribution in [0.1, 0.15) is 44.1 Å². The number of hydrogen-bond donors (Lipinski definition) is 2. The molecule has 3 nitrogen and oxygen atoms in total. The summed E-state index contributed by atoms with van der Waals surface area (Å²) < 4.78 is 6.22. The number of allylic oxidation sites excluding steroid dienone is 2. The largest absolute Gasteiger partial charge is 0.508 e. The molecule has 1 aromatic rings.